The lowest BCUT2D eigenvalue weighted by Crippen LogP contribution is -2.44. The Labute approximate surface area is 110 Å². The van der Waals surface area contributed by atoms with Crippen molar-refractivity contribution in [3.05, 3.63) is 24.2 Å². The second kappa shape index (κ2) is 5.89. The van der Waals surface area contributed by atoms with Crippen LogP contribution in [-0.4, -0.2) is 24.0 Å². The molecule has 0 radical (unpaired) electrons. The number of hydrogen-bond donors (Lipinski definition) is 1. The molecule has 3 nitrogen and oxygen atoms in total. The van der Waals surface area contributed by atoms with Crippen molar-refractivity contribution in [2.75, 3.05) is 13.1 Å². The fourth-order valence-corrected chi connectivity index (χ4v) is 3.10. The van der Waals surface area contributed by atoms with Gasteiger partial charge in [-0.2, -0.15) is 0 Å². The van der Waals surface area contributed by atoms with Gasteiger partial charge in [0.05, 0.1) is 12.3 Å². The van der Waals surface area contributed by atoms with Gasteiger partial charge in [-0.3, -0.25) is 4.90 Å². The molecule has 2 unspecified atom stereocenters. The molecule has 0 saturated carbocycles. The van der Waals surface area contributed by atoms with Gasteiger partial charge in [0.2, 0.25) is 0 Å². The highest BCUT2D eigenvalue weighted by Crippen LogP contribution is 2.31. The van der Waals surface area contributed by atoms with Gasteiger partial charge in [-0.25, -0.2) is 0 Å². The molecule has 102 valence electrons. The number of nitrogens with two attached hydrogens (primary N) is 1. The van der Waals surface area contributed by atoms with Crippen molar-refractivity contribution in [1.82, 2.24) is 4.90 Å². The molecule has 0 aromatic carbocycles. The van der Waals surface area contributed by atoms with Crippen LogP contribution in [0.15, 0.2) is 22.8 Å². The van der Waals surface area contributed by atoms with Gasteiger partial charge in [0.15, 0.2) is 0 Å². The van der Waals surface area contributed by atoms with Crippen LogP contribution in [0.2, 0.25) is 0 Å². The maximum absolute atomic E-state index is 6.15. The zero-order valence-electron chi connectivity index (χ0n) is 11.8. The lowest BCUT2D eigenvalue weighted by molar-refractivity contribution is 0.0914. The average Bonchev–Trinajstić information content (AvgIpc) is 2.83. The lowest BCUT2D eigenvalue weighted by Gasteiger charge is -2.39. The van der Waals surface area contributed by atoms with Gasteiger partial charge in [-0.15, -0.1) is 0 Å². The van der Waals surface area contributed by atoms with Crippen molar-refractivity contribution in [2.45, 2.75) is 45.7 Å². The minimum absolute atomic E-state index is 0.103. The lowest BCUT2D eigenvalue weighted by atomic mass is 9.85. The van der Waals surface area contributed by atoms with E-state index < -0.39 is 0 Å². The van der Waals surface area contributed by atoms with E-state index in [1.165, 1.54) is 12.8 Å². The molecule has 2 rings (SSSR count). The predicted molar refractivity (Wildman–Crippen MR) is 74.2 cm³/mol. The maximum atomic E-state index is 6.15. The molecular formula is C15H26N2O. The van der Waals surface area contributed by atoms with Gasteiger partial charge in [0.25, 0.3) is 0 Å². The number of hydrogen-bond acceptors (Lipinski definition) is 3. The number of likely N-dealkylation sites (tertiary alicyclic amines) is 1. The van der Waals surface area contributed by atoms with Crippen molar-refractivity contribution >= 4 is 0 Å². The fraction of sp³-hybridized carbons (Fsp3) is 0.733. The van der Waals surface area contributed by atoms with E-state index in [-0.39, 0.29) is 12.1 Å². The number of rotatable bonds is 4. The number of piperidine rings is 1. The molecule has 1 fully saturated rings. The minimum atomic E-state index is 0.103. The van der Waals surface area contributed by atoms with E-state index in [0.717, 1.165) is 30.7 Å². The summed E-state index contributed by atoms with van der Waals surface area (Å²) in [5, 5.41) is 0. The number of furan rings is 1. The normalized spacial score (nSPS) is 22.3. The third-order valence-corrected chi connectivity index (χ3v) is 4.24. The summed E-state index contributed by atoms with van der Waals surface area (Å²) in [7, 11) is 0. The van der Waals surface area contributed by atoms with Crippen LogP contribution in [0.1, 0.15) is 45.4 Å². The van der Waals surface area contributed by atoms with Crippen molar-refractivity contribution in [3.63, 3.8) is 0 Å². The molecule has 1 aliphatic heterocycles. The van der Waals surface area contributed by atoms with E-state index in [2.05, 4.69) is 25.7 Å². The largest absolute Gasteiger partial charge is 0.468 e. The molecule has 3 heteroatoms. The first-order valence-electron chi connectivity index (χ1n) is 7.12. The Morgan fingerprint density at radius 3 is 2.39 bits per heavy atom. The first kappa shape index (κ1) is 13.6. The summed E-state index contributed by atoms with van der Waals surface area (Å²) in [6, 6.07) is 4.33. The SMILES string of the molecule is CC(C)C1CCN(C(c2ccco2)C(C)N)CC1. The predicted octanol–water partition coefficient (Wildman–Crippen LogP) is 3.04. The van der Waals surface area contributed by atoms with Crippen LogP contribution in [0.25, 0.3) is 0 Å². The second-order valence-electron chi connectivity index (χ2n) is 5.94. The minimum Gasteiger partial charge on any atom is -0.468 e. The Hall–Kier alpha value is -0.800. The van der Waals surface area contributed by atoms with Gasteiger partial charge in [0.1, 0.15) is 5.76 Å². The maximum Gasteiger partial charge on any atom is 0.122 e. The van der Waals surface area contributed by atoms with Gasteiger partial charge < -0.3 is 10.2 Å². The van der Waals surface area contributed by atoms with E-state index in [4.69, 9.17) is 10.2 Å². The topological polar surface area (TPSA) is 42.4 Å². The van der Waals surface area contributed by atoms with Crippen LogP contribution in [0.4, 0.5) is 0 Å². The highest BCUT2D eigenvalue weighted by Gasteiger charge is 2.30. The van der Waals surface area contributed by atoms with E-state index in [1.807, 2.05) is 12.1 Å². The Kier molecular flexibility index (Phi) is 4.46. The molecule has 1 saturated heterocycles. The van der Waals surface area contributed by atoms with Gasteiger partial charge in [-0.1, -0.05) is 13.8 Å². The molecule has 0 aliphatic carbocycles. The molecule has 0 bridgehead atoms. The summed E-state index contributed by atoms with van der Waals surface area (Å²) in [4.78, 5) is 2.49. The van der Waals surface area contributed by atoms with Crippen LogP contribution in [-0.2, 0) is 0 Å². The van der Waals surface area contributed by atoms with Crippen LogP contribution < -0.4 is 5.73 Å². The highest BCUT2D eigenvalue weighted by molar-refractivity contribution is 5.07. The monoisotopic (exact) mass is 250 g/mol. The van der Waals surface area contributed by atoms with E-state index in [1.54, 1.807) is 6.26 Å². The number of nitrogens with zero attached hydrogens (tertiary/aromatic N) is 1. The Balaban J connectivity index is 2.02. The smallest absolute Gasteiger partial charge is 0.122 e. The Morgan fingerprint density at radius 2 is 1.94 bits per heavy atom. The molecule has 0 amide bonds. The zero-order valence-corrected chi connectivity index (χ0v) is 11.8. The Morgan fingerprint density at radius 1 is 1.28 bits per heavy atom. The van der Waals surface area contributed by atoms with Gasteiger partial charge >= 0.3 is 0 Å². The first-order valence-corrected chi connectivity index (χ1v) is 7.12. The van der Waals surface area contributed by atoms with Gasteiger partial charge in [0, 0.05) is 6.04 Å². The van der Waals surface area contributed by atoms with Crippen LogP contribution >= 0.6 is 0 Å². The molecule has 18 heavy (non-hydrogen) atoms. The van der Waals surface area contributed by atoms with E-state index >= 15 is 0 Å². The van der Waals surface area contributed by atoms with Crippen molar-refractivity contribution in [1.29, 1.82) is 0 Å². The van der Waals surface area contributed by atoms with Crippen LogP contribution in [0.3, 0.4) is 0 Å². The van der Waals surface area contributed by atoms with Crippen molar-refractivity contribution in [2.24, 2.45) is 17.6 Å². The standard InChI is InChI=1S/C15H26N2O/c1-11(2)13-6-8-17(9-7-13)15(12(3)16)14-5-4-10-18-14/h4-5,10-13,15H,6-9,16H2,1-3H3. The quantitative estimate of drug-likeness (QED) is 0.893. The molecule has 1 aliphatic rings. The van der Waals surface area contributed by atoms with E-state index in [0.29, 0.717) is 0 Å². The summed E-state index contributed by atoms with van der Waals surface area (Å²) < 4.78 is 5.56. The molecule has 2 N–H and O–H groups in total. The zero-order chi connectivity index (χ0) is 13.1. The summed E-state index contributed by atoms with van der Waals surface area (Å²) in [6.07, 6.45) is 4.30. The molecule has 2 atom stereocenters. The first-order chi connectivity index (χ1) is 8.59. The van der Waals surface area contributed by atoms with Crippen molar-refractivity contribution < 1.29 is 4.42 Å². The Bertz CT molecular complexity index is 337. The van der Waals surface area contributed by atoms with Gasteiger partial charge in [-0.05, 0) is 56.8 Å². The van der Waals surface area contributed by atoms with Crippen molar-refractivity contribution in [3.8, 4) is 0 Å². The molecule has 0 spiro atoms. The molecule has 2 heterocycles. The summed E-state index contributed by atoms with van der Waals surface area (Å²) >= 11 is 0. The fourth-order valence-electron chi connectivity index (χ4n) is 3.10. The third-order valence-electron chi connectivity index (χ3n) is 4.24. The van der Waals surface area contributed by atoms with Crippen LogP contribution in [0, 0.1) is 11.8 Å². The summed E-state index contributed by atoms with van der Waals surface area (Å²) in [6.45, 7) is 9.00. The second-order valence-corrected chi connectivity index (χ2v) is 5.94. The summed E-state index contributed by atoms with van der Waals surface area (Å²) in [5.41, 5.74) is 6.15. The highest BCUT2D eigenvalue weighted by atomic mass is 16.3. The molecule has 1 aromatic rings. The van der Waals surface area contributed by atoms with Crippen LogP contribution in [0.5, 0.6) is 0 Å². The molecule has 1 aromatic heterocycles. The van der Waals surface area contributed by atoms with E-state index in [9.17, 15) is 0 Å². The third kappa shape index (κ3) is 2.96. The average molecular weight is 250 g/mol. The molecular weight excluding hydrogens is 224 g/mol. The summed E-state index contributed by atoms with van der Waals surface area (Å²) in [5.74, 6) is 2.67.